The van der Waals surface area contributed by atoms with Crippen molar-refractivity contribution in [1.29, 1.82) is 0 Å². The van der Waals surface area contributed by atoms with E-state index in [1.165, 1.54) is 0 Å². The molecule has 0 radical (unpaired) electrons. The van der Waals surface area contributed by atoms with E-state index >= 15 is 0 Å². The number of benzene rings is 5. The largest absolute Gasteiger partial charge is 0.370 e. The summed E-state index contributed by atoms with van der Waals surface area (Å²) in [6.07, 6.45) is 2.18. The number of nitrogens with two attached hydrogens (primary N) is 2. The average molecular weight is 693 g/mol. The molecule has 0 spiro atoms. The highest BCUT2D eigenvalue weighted by atomic mass is 35.5. The summed E-state index contributed by atoms with van der Waals surface area (Å²) in [5, 5.41) is 3.28. The lowest BCUT2D eigenvalue weighted by Crippen LogP contribution is -2.62. The maximum atomic E-state index is 14.5. The molecular weight excluding hydrogens is 653 g/mol. The molecule has 4 N–H and O–H groups in total. The van der Waals surface area contributed by atoms with Gasteiger partial charge in [-0.05, 0) is 82.6 Å². The van der Waals surface area contributed by atoms with Gasteiger partial charge in [0.2, 0.25) is 5.91 Å². The zero-order chi connectivity index (χ0) is 34.3. The van der Waals surface area contributed by atoms with E-state index in [0.29, 0.717) is 54.5 Å². The van der Waals surface area contributed by atoms with Gasteiger partial charge in [-0.2, -0.15) is 0 Å². The minimum absolute atomic E-state index is 0.0321. The Morgan fingerprint density at radius 1 is 0.694 bits per heavy atom. The average Bonchev–Trinajstić information content (AvgIpc) is 3.10. The Morgan fingerprint density at radius 2 is 1.41 bits per heavy atom. The maximum absolute atomic E-state index is 14.5. The number of hydrogen-bond acceptors (Lipinski definition) is 3. The topological polar surface area (TPSA) is 105 Å². The number of piperazine rings is 1. The summed E-state index contributed by atoms with van der Waals surface area (Å²) in [6.45, 7) is 1.22. The lowest BCUT2D eigenvalue weighted by Gasteiger charge is -2.47. The number of fused-ring (bicyclic) bond motifs is 1. The molecule has 1 fully saturated rings. The molecule has 0 unspecified atom stereocenters. The van der Waals surface area contributed by atoms with Crippen molar-refractivity contribution in [3.8, 4) is 11.1 Å². The summed E-state index contributed by atoms with van der Waals surface area (Å²) in [7, 11) is 0. The molecule has 1 aliphatic rings. The smallest absolute Gasteiger partial charge is 0.254 e. The van der Waals surface area contributed by atoms with E-state index < -0.39 is 0 Å². The van der Waals surface area contributed by atoms with Crippen molar-refractivity contribution in [2.75, 3.05) is 19.6 Å². The third kappa shape index (κ3) is 8.60. The fraction of sp³-hybridized carbons (Fsp3) is 0.225. The van der Waals surface area contributed by atoms with Crippen LogP contribution in [0.4, 0.5) is 0 Å². The Morgan fingerprint density at radius 3 is 2.16 bits per heavy atom. The Labute approximate surface area is 297 Å². The van der Waals surface area contributed by atoms with Gasteiger partial charge in [0.15, 0.2) is 5.96 Å². The van der Waals surface area contributed by atoms with E-state index in [2.05, 4.69) is 41.4 Å². The van der Waals surface area contributed by atoms with Crippen LogP contribution in [-0.4, -0.2) is 59.3 Å². The second-order valence-corrected chi connectivity index (χ2v) is 13.4. The summed E-state index contributed by atoms with van der Waals surface area (Å²) >= 11 is 12.6. The zero-order valence-electron chi connectivity index (χ0n) is 27.1. The van der Waals surface area contributed by atoms with Crippen molar-refractivity contribution in [1.82, 2.24) is 9.80 Å². The molecule has 5 aromatic carbocycles. The molecule has 5 aromatic rings. The molecule has 0 bridgehead atoms. The van der Waals surface area contributed by atoms with Crippen molar-refractivity contribution < 1.29 is 9.59 Å². The number of carbonyl (C=O) groups excluding carboxylic acids is 2. The van der Waals surface area contributed by atoms with E-state index in [9.17, 15) is 9.59 Å². The number of amides is 2. The van der Waals surface area contributed by atoms with Gasteiger partial charge in [0.1, 0.15) is 0 Å². The van der Waals surface area contributed by atoms with Crippen LogP contribution in [0.2, 0.25) is 10.0 Å². The zero-order valence-corrected chi connectivity index (χ0v) is 28.7. The van der Waals surface area contributed by atoms with Crippen LogP contribution in [0, 0.1) is 0 Å². The van der Waals surface area contributed by atoms with Crippen molar-refractivity contribution in [2.24, 2.45) is 16.5 Å². The fourth-order valence-corrected chi connectivity index (χ4v) is 7.22. The van der Waals surface area contributed by atoms with Crippen LogP contribution in [0.15, 0.2) is 120 Å². The van der Waals surface area contributed by atoms with Crippen LogP contribution in [0.1, 0.15) is 34.3 Å². The summed E-state index contributed by atoms with van der Waals surface area (Å²) in [5.41, 5.74) is 15.5. The molecule has 2 atom stereocenters. The number of carbonyl (C=O) groups is 2. The molecule has 1 aliphatic heterocycles. The van der Waals surface area contributed by atoms with Crippen LogP contribution in [0.5, 0.6) is 0 Å². The van der Waals surface area contributed by atoms with Gasteiger partial charge in [-0.25, -0.2) is 0 Å². The molecule has 0 aromatic heterocycles. The molecule has 0 aliphatic carbocycles. The van der Waals surface area contributed by atoms with Gasteiger partial charge in [-0.15, -0.1) is 0 Å². The van der Waals surface area contributed by atoms with E-state index in [0.717, 1.165) is 33.0 Å². The molecule has 9 heteroatoms. The third-order valence-electron chi connectivity index (χ3n) is 9.06. The number of aliphatic imine (C=N–C) groups is 1. The van der Waals surface area contributed by atoms with E-state index in [1.54, 1.807) is 6.07 Å². The first kappa shape index (κ1) is 34.0. The maximum Gasteiger partial charge on any atom is 0.254 e. The monoisotopic (exact) mass is 691 g/mol. The second kappa shape index (κ2) is 15.6. The Kier molecular flexibility index (Phi) is 10.8. The Bertz CT molecular complexity index is 1960. The molecule has 0 saturated carbocycles. The van der Waals surface area contributed by atoms with Crippen LogP contribution in [-0.2, 0) is 17.6 Å². The predicted octanol–water partition coefficient (Wildman–Crippen LogP) is 7.37. The van der Waals surface area contributed by atoms with E-state index in [4.69, 9.17) is 34.7 Å². The third-order valence-corrected chi connectivity index (χ3v) is 9.49. The van der Waals surface area contributed by atoms with Crippen LogP contribution >= 0.6 is 23.2 Å². The standard InChI is InChI=1S/C40H39Cl2N5O2/c41-34-22-33(23-35(42)24-34)31-12-6-13-32(21-31)39(49)47-26-37(19-27-8-2-1-3-9-27)46(25-36(47)14-7-17-45-40(43)44)38(48)20-28-15-16-29-10-4-5-11-30(29)18-28/h1-6,8-13,15-16,18,21-24,36-37H,7,14,17,19-20,25-26H2,(H4,43,44,45)/t36-,37+/m0/s1. The number of nitrogens with zero attached hydrogens (tertiary/aromatic N) is 3. The van der Waals surface area contributed by atoms with Gasteiger partial charge in [0.25, 0.3) is 5.91 Å². The normalized spacial score (nSPS) is 16.0. The lowest BCUT2D eigenvalue weighted by atomic mass is 9.94. The van der Waals surface area contributed by atoms with Crippen LogP contribution in [0.3, 0.4) is 0 Å². The van der Waals surface area contributed by atoms with Crippen LogP contribution < -0.4 is 11.5 Å². The highest BCUT2D eigenvalue weighted by Gasteiger charge is 2.38. The lowest BCUT2D eigenvalue weighted by molar-refractivity contribution is -0.136. The van der Waals surface area contributed by atoms with Gasteiger partial charge in [-0.3, -0.25) is 14.6 Å². The quantitative estimate of drug-likeness (QED) is 0.0906. The summed E-state index contributed by atoms with van der Waals surface area (Å²) in [5.74, 6) is -0.0245. The first-order chi connectivity index (χ1) is 23.7. The van der Waals surface area contributed by atoms with Crippen molar-refractivity contribution in [3.63, 3.8) is 0 Å². The number of halogens is 2. The molecule has 1 heterocycles. The van der Waals surface area contributed by atoms with Gasteiger partial charge < -0.3 is 21.3 Å². The van der Waals surface area contributed by atoms with Crippen molar-refractivity contribution in [3.05, 3.63) is 142 Å². The summed E-state index contributed by atoms with van der Waals surface area (Å²) in [4.78, 5) is 36.8. The molecule has 49 heavy (non-hydrogen) atoms. The van der Waals surface area contributed by atoms with Crippen molar-refractivity contribution in [2.45, 2.75) is 37.8 Å². The predicted molar refractivity (Wildman–Crippen MR) is 200 cm³/mol. The SMILES string of the molecule is NC(N)=NCCC[C@H]1CN(C(=O)Cc2ccc3ccccc3c2)[C@H](Cc2ccccc2)CN1C(=O)c1cccc(-c2cc(Cl)cc(Cl)c2)c1. The van der Waals surface area contributed by atoms with Gasteiger partial charge in [0, 0.05) is 41.3 Å². The first-order valence-electron chi connectivity index (χ1n) is 16.5. The molecule has 6 rings (SSSR count). The molecule has 2 amide bonds. The van der Waals surface area contributed by atoms with Gasteiger partial charge in [0.05, 0.1) is 12.5 Å². The number of rotatable bonds is 10. The molecule has 1 saturated heterocycles. The molecule has 250 valence electrons. The minimum Gasteiger partial charge on any atom is -0.370 e. The summed E-state index contributed by atoms with van der Waals surface area (Å²) < 4.78 is 0. The number of guanidine groups is 1. The molecular formula is C40H39Cl2N5O2. The highest BCUT2D eigenvalue weighted by Crippen LogP contribution is 2.30. The first-order valence-corrected chi connectivity index (χ1v) is 17.2. The minimum atomic E-state index is -0.237. The second-order valence-electron chi connectivity index (χ2n) is 12.5. The Balaban J connectivity index is 1.31. The van der Waals surface area contributed by atoms with E-state index in [1.807, 2.05) is 82.6 Å². The van der Waals surface area contributed by atoms with Crippen molar-refractivity contribution >= 4 is 51.7 Å². The highest BCUT2D eigenvalue weighted by molar-refractivity contribution is 6.35. The van der Waals surface area contributed by atoms with Gasteiger partial charge in [-0.1, -0.05) is 108 Å². The van der Waals surface area contributed by atoms with Gasteiger partial charge >= 0.3 is 0 Å². The molecule has 7 nitrogen and oxygen atoms in total. The Hall–Kier alpha value is -4.85. The van der Waals surface area contributed by atoms with E-state index in [-0.39, 0.29) is 36.3 Å². The number of hydrogen-bond donors (Lipinski definition) is 2. The van der Waals surface area contributed by atoms with Crippen LogP contribution in [0.25, 0.3) is 21.9 Å². The summed E-state index contributed by atoms with van der Waals surface area (Å²) in [6, 6.07) is 36.9. The fourth-order valence-electron chi connectivity index (χ4n) is 6.69.